The number of nitrogens with one attached hydrogen (secondary N) is 2. The zero-order valence-electron chi connectivity index (χ0n) is 17.3. The molecule has 4 N–H and O–H groups in total. The summed E-state index contributed by atoms with van der Waals surface area (Å²) in [6, 6.07) is 8.22. The van der Waals surface area contributed by atoms with Gasteiger partial charge in [0.15, 0.2) is 0 Å². The fourth-order valence-electron chi connectivity index (χ4n) is 3.45. The Labute approximate surface area is 185 Å². The summed E-state index contributed by atoms with van der Waals surface area (Å²) in [5, 5.41) is 6.69. The van der Waals surface area contributed by atoms with Crippen LogP contribution < -0.4 is 26.0 Å². The summed E-state index contributed by atoms with van der Waals surface area (Å²) >= 11 is 0. The maximum absolute atomic E-state index is 6.02. The molecule has 162 valence electrons. The summed E-state index contributed by atoms with van der Waals surface area (Å²) in [4.78, 5) is 11.8. The molecule has 1 atom stereocenters. The number of piperidine rings is 1. The van der Waals surface area contributed by atoms with Crippen molar-refractivity contribution in [1.29, 1.82) is 0 Å². The number of hydrogen-bond acceptors (Lipinski definition) is 7. The van der Waals surface area contributed by atoms with Crippen LogP contribution in [0, 0.1) is 0 Å². The summed E-state index contributed by atoms with van der Waals surface area (Å²) in [5.41, 5.74) is 8.50. The summed E-state index contributed by atoms with van der Waals surface area (Å²) in [6.07, 6.45) is 4.34. The standard InChI is InChI=1S/C20H30N6O.2ClH/c1-4-6-14-12-19(26-10-5-7-16(13-26)22-2)25-20(23-14)24-15-8-9-18(27-3)17(21)11-15;;/h8-9,11-12,16,22H,4-7,10,13,21H2,1-3H3,(H,23,24,25);2*1H/t16-;;/m1../s1. The first-order valence-electron chi connectivity index (χ1n) is 9.63. The van der Waals surface area contributed by atoms with Gasteiger partial charge in [-0.15, -0.1) is 24.8 Å². The minimum absolute atomic E-state index is 0. The molecule has 0 spiro atoms. The number of hydrogen-bond donors (Lipinski definition) is 3. The second-order valence-corrected chi connectivity index (χ2v) is 6.95. The molecule has 0 radical (unpaired) electrons. The number of anilines is 4. The number of rotatable bonds is 7. The highest BCUT2D eigenvalue weighted by atomic mass is 35.5. The summed E-state index contributed by atoms with van der Waals surface area (Å²) < 4.78 is 5.22. The van der Waals surface area contributed by atoms with Crippen molar-refractivity contribution >= 4 is 48.0 Å². The molecule has 1 aromatic carbocycles. The van der Waals surface area contributed by atoms with Crippen LogP contribution in [0.1, 0.15) is 31.9 Å². The first-order chi connectivity index (χ1) is 13.1. The third-order valence-corrected chi connectivity index (χ3v) is 4.91. The lowest BCUT2D eigenvalue weighted by atomic mass is 10.1. The Morgan fingerprint density at radius 1 is 1.24 bits per heavy atom. The third kappa shape index (κ3) is 6.52. The number of methoxy groups -OCH3 is 1. The Hall–Kier alpha value is -1.96. The van der Waals surface area contributed by atoms with Gasteiger partial charge in [-0.25, -0.2) is 4.98 Å². The van der Waals surface area contributed by atoms with Crippen LogP contribution in [0.4, 0.5) is 23.1 Å². The molecule has 0 amide bonds. The molecule has 0 saturated carbocycles. The van der Waals surface area contributed by atoms with Crippen LogP contribution in [0.25, 0.3) is 0 Å². The number of nitrogen functional groups attached to an aromatic ring is 1. The number of halogens is 2. The van der Waals surface area contributed by atoms with E-state index in [2.05, 4.69) is 33.5 Å². The van der Waals surface area contributed by atoms with Gasteiger partial charge in [0, 0.05) is 36.6 Å². The van der Waals surface area contributed by atoms with Crippen LogP contribution in [0.2, 0.25) is 0 Å². The Bertz CT molecular complexity index is 777. The fourth-order valence-corrected chi connectivity index (χ4v) is 3.45. The number of nitrogens with two attached hydrogens (primary N) is 1. The average molecular weight is 443 g/mol. The summed E-state index contributed by atoms with van der Waals surface area (Å²) in [5.74, 6) is 2.25. The molecule has 29 heavy (non-hydrogen) atoms. The lowest BCUT2D eigenvalue weighted by Crippen LogP contribution is -2.44. The van der Waals surface area contributed by atoms with Gasteiger partial charge in [0.1, 0.15) is 11.6 Å². The monoisotopic (exact) mass is 442 g/mol. The Kier molecular flexibility index (Phi) is 10.3. The van der Waals surface area contributed by atoms with Crippen LogP contribution in [0.3, 0.4) is 0 Å². The van der Waals surface area contributed by atoms with Gasteiger partial charge in [-0.1, -0.05) is 13.3 Å². The highest BCUT2D eigenvalue weighted by molar-refractivity contribution is 5.85. The van der Waals surface area contributed by atoms with E-state index in [9.17, 15) is 0 Å². The molecule has 0 bridgehead atoms. The number of aromatic nitrogens is 2. The van der Waals surface area contributed by atoms with E-state index in [1.54, 1.807) is 7.11 Å². The molecule has 9 heteroatoms. The van der Waals surface area contributed by atoms with Crippen LogP contribution >= 0.6 is 24.8 Å². The van der Waals surface area contributed by atoms with Gasteiger partial charge in [-0.2, -0.15) is 4.98 Å². The van der Waals surface area contributed by atoms with Crippen molar-refractivity contribution in [2.24, 2.45) is 0 Å². The lowest BCUT2D eigenvalue weighted by Gasteiger charge is -2.33. The van der Waals surface area contributed by atoms with Gasteiger partial charge >= 0.3 is 0 Å². The quantitative estimate of drug-likeness (QED) is 0.561. The van der Waals surface area contributed by atoms with Crippen molar-refractivity contribution in [2.45, 2.75) is 38.6 Å². The van der Waals surface area contributed by atoms with Gasteiger partial charge in [0.25, 0.3) is 0 Å². The van der Waals surface area contributed by atoms with Crippen molar-refractivity contribution in [3.8, 4) is 5.75 Å². The average Bonchev–Trinajstić information content (AvgIpc) is 2.68. The van der Waals surface area contributed by atoms with E-state index in [0.29, 0.717) is 23.4 Å². The van der Waals surface area contributed by atoms with Crippen LogP contribution in [-0.2, 0) is 6.42 Å². The maximum Gasteiger partial charge on any atom is 0.229 e. The van der Waals surface area contributed by atoms with Gasteiger partial charge in [0.05, 0.1) is 12.8 Å². The van der Waals surface area contributed by atoms with Gasteiger partial charge in [0.2, 0.25) is 5.95 Å². The van der Waals surface area contributed by atoms with E-state index in [-0.39, 0.29) is 24.8 Å². The van der Waals surface area contributed by atoms with Crippen molar-refractivity contribution in [1.82, 2.24) is 15.3 Å². The zero-order chi connectivity index (χ0) is 19.2. The molecular weight excluding hydrogens is 411 g/mol. The highest BCUT2D eigenvalue weighted by Gasteiger charge is 2.20. The molecule has 2 aromatic rings. The first kappa shape index (κ1) is 25.1. The van der Waals surface area contributed by atoms with Crippen molar-refractivity contribution in [3.05, 3.63) is 30.0 Å². The Morgan fingerprint density at radius 2 is 2.03 bits per heavy atom. The van der Waals surface area contributed by atoms with E-state index < -0.39 is 0 Å². The second-order valence-electron chi connectivity index (χ2n) is 6.95. The molecule has 0 aliphatic carbocycles. The van der Waals surface area contributed by atoms with Crippen LogP contribution in [0.15, 0.2) is 24.3 Å². The molecule has 1 aliphatic rings. The zero-order valence-corrected chi connectivity index (χ0v) is 18.9. The van der Waals surface area contributed by atoms with E-state index in [1.807, 2.05) is 25.2 Å². The molecule has 1 fully saturated rings. The van der Waals surface area contributed by atoms with Crippen molar-refractivity contribution in [3.63, 3.8) is 0 Å². The molecular formula is C20H32Cl2N6O. The van der Waals surface area contributed by atoms with Crippen LogP contribution in [-0.4, -0.2) is 43.3 Å². The van der Waals surface area contributed by atoms with Crippen LogP contribution in [0.5, 0.6) is 5.75 Å². The largest absolute Gasteiger partial charge is 0.495 e. The second kappa shape index (κ2) is 11.9. The fraction of sp³-hybridized carbons (Fsp3) is 0.500. The van der Waals surface area contributed by atoms with Gasteiger partial charge in [-0.05, 0) is 44.5 Å². The number of likely N-dealkylation sites (N-methyl/N-ethyl adjacent to an activating group) is 1. The first-order valence-corrected chi connectivity index (χ1v) is 9.63. The highest BCUT2D eigenvalue weighted by Crippen LogP contribution is 2.27. The molecule has 1 aliphatic heterocycles. The molecule has 0 unspecified atom stereocenters. The Morgan fingerprint density at radius 3 is 2.69 bits per heavy atom. The molecule has 3 rings (SSSR count). The summed E-state index contributed by atoms with van der Waals surface area (Å²) in [6.45, 7) is 4.15. The maximum atomic E-state index is 6.02. The van der Waals surface area contributed by atoms with E-state index in [1.165, 1.54) is 6.42 Å². The minimum Gasteiger partial charge on any atom is -0.495 e. The number of nitrogens with zero attached hydrogens (tertiary/aromatic N) is 3. The van der Waals surface area contributed by atoms with E-state index in [0.717, 1.165) is 49.6 Å². The molecule has 2 heterocycles. The van der Waals surface area contributed by atoms with E-state index >= 15 is 0 Å². The third-order valence-electron chi connectivity index (χ3n) is 4.91. The van der Waals surface area contributed by atoms with Gasteiger partial charge in [-0.3, -0.25) is 0 Å². The predicted molar refractivity (Wildman–Crippen MR) is 126 cm³/mol. The topological polar surface area (TPSA) is 88.3 Å². The normalized spacial score (nSPS) is 15.8. The number of ether oxygens (including phenoxy) is 1. The minimum atomic E-state index is 0. The molecule has 7 nitrogen and oxygen atoms in total. The smallest absolute Gasteiger partial charge is 0.229 e. The van der Waals surface area contributed by atoms with Gasteiger partial charge < -0.3 is 26.0 Å². The SMILES string of the molecule is CCCc1cc(N2CCC[C@@H](NC)C2)nc(Nc2ccc(OC)c(N)c2)n1.Cl.Cl. The predicted octanol–water partition coefficient (Wildman–Crippen LogP) is 3.80. The Balaban J connectivity index is 0.00000210. The van der Waals surface area contributed by atoms with Crippen molar-refractivity contribution < 1.29 is 4.74 Å². The summed E-state index contributed by atoms with van der Waals surface area (Å²) in [7, 11) is 3.64. The molecule has 1 aromatic heterocycles. The molecule has 1 saturated heterocycles. The van der Waals surface area contributed by atoms with Crippen molar-refractivity contribution in [2.75, 3.05) is 43.2 Å². The lowest BCUT2D eigenvalue weighted by molar-refractivity contribution is 0.417. The van der Waals surface area contributed by atoms with E-state index in [4.69, 9.17) is 15.5 Å². The number of aryl methyl sites for hydroxylation is 1. The number of benzene rings is 1.